The lowest BCUT2D eigenvalue weighted by atomic mass is 10.1. The lowest BCUT2D eigenvalue weighted by Gasteiger charge is -2.39. The third-order valence-electron chi connectivity index (χ3n) is 4.21. The number of rotatable bonds is 3. The standard InChI is InChI=1S/C14H25N5O/c1-5-11-9-18(8-7-17(11)4)14(20)13-12(15)10(3)16-19(13)6-2/h11H,5-9,15H2,1-4H3. The molecule has 0 aromatic carbocycles. The van der Waals surface area contributed by atoms with Gasteiger partial charge in [0.1, 0.15) is 5.69 Å². The zero-order valence-electron chi connectivity index (χ0n) is 12.9. The number of likely N-dealkylation sites (N-methyl/N-ethyl adjacent to an activating group) is 1. The van der Waals surface area contributed by atoms with Crippen molar-refractivity contribution in [2.45, 2.75) is 39.8 Å². The van der Waals surface area contributed by atoms with Gasteiger partial charge in [0.15, 0.2) is 0 Å². The summed E-state index contributed by atoms with van der Waals surface area (Å²) >= 11 is 0. The van der Waals surface area contributed by atoms with Crippen LogP contribution in [0.5, 0.6) is 0 Å². The van der Waals surface area contributed by atoms with E-state index in [1.807, 2.05) is 18.7 Å². The largest absolute Gasteiger partial charge is 0.395 e. The maximum atomic E-state index is 12.7. The molecule has 1 amide bonds. The molecule has 1 aromatic rings. The van der Waals surface area contributed by atoms with Crippen molar-refractivity contribution in [1.29, 1.82) is 0 Å². The summed E-state index contributed by atoms with van der Waals surface area (Å²) in [5, 5.41) is 4.33. The molecule has 0 spiro atoms. The zero-order chi connectivity index (χ0) is 14.9. The molecule has 2 N–H and O–H groups in total. The van der Waals surface area contributed by atoms with Crippen LogP contribution in [-0.4, -0.2) is 58.2 Å². The molecule has 1 atom stereocenters. The minimum absolute atomic E-state index is 0.0106. The molecule has 0 radical (unpaired) electrons. The summed E-state index contributed by atoms with van der Waals surface area (Å²) in [5.41, 5.74) is 7.84. The van der Waals surface area contributed by atoms with Crippen LogP contribution < -0.4 is 5.73 Å². The maximum Gasteiger partial charge on any atom is 0.274 e. The Morgan fingerprint density at radius 1 is 1.40 bits per heavy atom. The summed E-state index contributed by atoms with van der Waals surface area (Å²) in [5.74, 6) is 0.0106. The normalized spacial score (nSPS) is 20.4. The first-order chi connectivity index (χ1) is 9.49. The Hall–Kier alpha value is -1.56. The molecular weight excluding hydrogens is 254 g/mol. The van der Waals surface area contributed by atoms with E-state index in [1.165, 1.54) is 0 Å². The third kappa shape index (κ3) is 2.52. The van der Waals surface area contributed by atoms with Gasteiger partial charge < -0.3 is 10.6 Å². The van der Waals surface area contributed by atoms with Gasteiger partial charge in [-0.1, -0.05) is 6.92 Å². The minimum Gasteiger partial charge on any atom is -0.395 e. The zero-order valence-corrected chi connectivity index (χ0v) is 12.9. The number of aromatic nitrogens is 2. The molecule has 20 heavy (non-hydrogen) atoms. The first kappa shape index (κ1) is 14.8. The first-order valence-corrected chi connectivity index (χ1v) is 7.31. The number of nitrogens with zero attached hydrogens (tertiary/aromatic N) is 4. The highest BCUT2D eigenvalue weighted by Crippen LogP contribution is 2.20. The minimum atomic E-state index is 0.0106. The predicted molar refractivity (Wildman–Crippen MR) is 79.7 cm³/mol. The molecule has 2 heterocycles. The van der Waals surface area contributed by atoms with Crippen molar-refractivity contribution in [2.24, 2.45) is 0 Å². The average molecular weight is 279 g/mol. The van der Waals surface area contributed by atoms with Gasteiger partial charge in [0.25, 0.3) is 5.91 Å². The van der Waals surface area contributed by atoms with Gasteiger partial charge in [0.05, 0.1) is 11.4 Å². The fourth-order valence-electron chi connectivity index (χ4n) is 2.77. The highest BCUT2D eigenvalue weighted by atomic mass is 16.2. The van der Waals surface area contributed by atoms with E-state index >= 15 is 0 Å². The van der Waals surface area contributed by atoms with Crippen LogP contribution in [0.25, 0.3) is 0 Å². The second-order valence-electron chi connectivity index (χ2n) is 5.46. The topological polar surface area (TPSA) is 67.4 Å². The number of carbonyl (C=O) groups is 1. The van der Waals surface area contributed by atoms with Crippen LogP contribution in [0.1, 0.15) is 36.5 Å². The van der Waals surface area contributed by atoms with Crippen LogP contribution in [0.4, 0.5) is 5.69 Å². The van der Waals surface area contributed by atoms with Crippen molar-refractivity contribution in [1.82, 2.24) is 19.6 Å². The van der Waals surface area contributed by atoms with Gasteiger partial charge in [0, 0.05) is 32.2 Å². The molecule has 6 nitrogen and oxygen atoms in total. The van der Waals surface area contributed by atoms with Crippen molar-refractivity contribution < 1.29 is 4.79 Å². The molecule has 1 saturated heterocycles. The molecule has 6 heteroatoms. The number of piperazine rings is 1. The molecule has 0 bridgehead atoms. The van der Waals surface area contributed by atoms with E-state index in [0.717, 1.165) is 31.7 Å². The van der Waals surface area contributed by atoms with E-state index < -0.39 is 0 Å². The van der Waals surface area contributed by atoms with E-state index in [9.17, 15) is 4.79 Å². The SMILES string of the molecule is CCC1CN(C(=O)c2c(N)c(C)nn2CC)CCN1C. The van der Waals surface area contributed by atoms with Gasteiger partial charge in [-0.3, -0.25) is 14.4 Å². The highest BCUT2D eigenvalue weighted by molar-refractivity contribution is 5.98. The van der Waals surface area contributed by atoms with Crippen molar-refractivity contribution in [2.75, 3.05) is 32.4 Å². The second-order valence-corrected chi connectivity index (χ2v) is 5.46. The van der Waals surface area contributed by atoms with Crippen molar-refractivity contribution in [3.05, 3.63) is 11.4 Å². The third-order valence-corrected chi connectivity index (χ3v) is 4.21. The second kappa shape index (κ2) is 5.83. The van der Waals surface area contributed by atoms with E-state index in [-0.39, 0.29) is 5.91 Å². The first-order valence-electron chi connectivity index (χ1n) is 7.31. The summed E-state index contributed by atoms with van der Waals surface area (Å²) in [6.07, 6.45) is 1.04. The lowest BCUT2D eigenvalue weighted by molar-refractivity contribution is 0.0531. The molecule has 1 unspecified atom stereocenters. The Bertz CT molecular complexity index is 496. The summed E-state index contributed by atoms with van der Waals surface area (Å²) in [4.78, 5) is 17.0. The summed E-state index contributed by atoms with van der Waals surface area (Å²) in [6.45, 7) is 9.05. The van der Waals surface area contributed by atoms with Gasteiger partial charge in [-0.15, -0.1) is 0 Å². The van der Waals surface area contributed by atoms with Crippen LogP contribution in [0.3, 0.4) is 0 Å². The Morgan fingerprint density at radius 3 is 2.70 bits per heavy atom. The van der Waals surface area contributed by atoms with Crippen LogP contribution in [0.2, 0.25) is 0 Å². The Kier molecular flexibility index (Phi) is 4.32. The molecule has 112 valence electrons. The monoisotopic (exact) mass is 279 g/mol. The molecular formula is C14H25N5O. The number of aryl methyl sites for hydroxylation is 2. The number of hydrogen-bond donors (Lipinski definition) is 1. The fourth-order valence-corrected chi connectivity index (χ4v) is 2.77. The quantitative estimate of drug-likeness (QED) is 0.895. The summed E-state index contributed by atoms with van der Waals surface area (Å²) in [7, 11) is 2.12. The predicted octanol–water partition coefficient (Wildman–Crippen LogP) is 0.960. The summed E-state index contributed by atoms with van der Waals surface area (Å²) in [6, 6.07) is 0.424. The van der Waals surface area contributed by atoms with Gasteiger partial charge in [-0.05, 0) is 27.3 Å². The van der Waals surface area contributed by atoms with Crippen LogP contribution in [0, 0.1) is 6.92 Å². The number of amides is 1. The number of carbonyl (C=O) groups excluding carboxylic acids is 1. The number of nitrogen functional groups attached to an aromatic ring is 1. The number of hydrogen-bond acceptors (Lipinski definition) is 4. The lowest BCUT2D eigenvalue weighted by Crippen LogP contribution is -2.53. The van der Waals surface area contributed by atoms with E-state index in [0.29, 0.717) is 24.0 Å². The Labute approximate surface area is 120 Å². The summed E-state index contributed by atoms with van der Waals surface area (Å²) < 4.78 is 1.71. The van der Waals surface area contributed by atoms with E-state index in [4.69, 9.17) is 5.73 Å². The Balaban J connectivity index is 2.24. The molecule has 1 aliphatic rings. The molecule has 1 aromatic heterocycles. The van der Waals surface area contributed by atoms with Crippen molar-refractivity contribution in [3.8, 4) is 0 Å². The Morgan fingerprint density at radius 2 is 2.10 bits per heavy atom. The van der Waals surface area contributed by atoms with Gasteiger partial charge in [0.2, 0.25) is 0 Å². The molecule has 1 aliphatic heterocycles. The average Bonchev–Trinajstić information content (AvgIpc) is 2.74. The molecule has 0 aliphatic carbocycles. The highest BCUT2D eigenvalue weighted by Gasteiger charge is 2.30. The smallest absolute Gasteiger partial charge is 0.274 e. The molecule has 1 fully saturated rings. The maximum absolute atomic E-state index is 12.7. The van der Waals surface area contributed by atoms with Gasteiger partial charge in [-0.25, -0.2) is 0 Å². The molecule has 2 rings (SSSR count). The van der Waals surface area contributed by atoms with Crippen molar-refractivity contribution >= 4 is 11.6 Å². The van der Waals surface area contributed by atoms with Crippen LogP contribution in [0.15, 0.2) is 0 Å². The molecule has 0 saturated carbocycles. The van der Waals surface area contributed by atoms with E-state index in [2.05, 4.69) is 24.0 Å². The van der Waals surface area contributed by atoms with Crippen molar-refractivity contribution in [3.63, 3.8) is 0 Å². The van der Waals surface area contributed by atoms with Gasteiger partial charge >= 0.3 is 0 Å². The number of anilines is 1. The van der Waals surface area contributed by atoms with Gasteiger partial charge in [-0.2, -0.15) is 5.10 Å². The van der Waals surface area contributed by atoms with E-state index in [1.54, 1.807) is 4.68 Å². The van der Waals surface area contributed by atoms with Crippen LogP contribution in [-0.2, 0) is 6.54 Å². The fraction of sp³-hybridized carbons (Fsp3) is 0.714. The van der Waals surface area contributed by atoms with Crippen LogP contribution >= 0.6 is 0 Å². The number of nitrogens with two attached hydrogens (primary N) is 1.